The van der Waals surface area contributed by atoms with Crippen LogP contribution in [0.3, 0.4) is 0 Å². The Morgan fingerprint density at radius 2 is 2.19 bits per heavy atom. The maximum absolute atomic E-state index is 5.77. The number of nitrogens with zero attached hydrogens (tertiary/aromatic N) is 5. The molecule has 0 aliphatic carbocycles. The van der Waals surface area contributed by atoms with Crippen molar-refractivity contribution >= 4 is 34.7 Å². The lowest BCUT2D eigenvalue weighted by atomic mass is 10.3. The van der Waals surface area contributed by atoms with Gasteiger partial charge in [-0.25, -0.2) is 4.98 Å². The summed E-state index contributed by atoms with van der Waals surface area (Å²) in [5.41, 5.74) is 3.11. The van der Waals surface area contributed by atoms with E-state index in [1.54, 1.807) is 40.0 Å². The van der Waals surface area contributed by atoms with Gasteiger partial charge in [0.1, 0.15) is 5.15 Å². The fourth-order valence-electron chi connectivity index (χ4n) is 1.82. The van der Waals surface area contributed by atoms with Gasteiger partial charge in [-0.15, -0.1) is 10.2 Å². The third kappa shape index (κ3) is 3.42. The Morgan fingerprint density at radius 1 is 1.33 bits per heavy atom. The second kappa shape index (κ2) is 6.13. The zero-order valence-electron chi connectivity index (χ0n) is 11.4. The van der Waals surface area contributed by atoms with Crippen molar-refractivity contribution in [3.63, 3.8) is 0 Å². The van der Waals surface area contributed by atoms with Gasteiger partial charge in [0, 0.05) is 25.2 Å². The Morgan fingerprint density at radius 3 is 2.86 bits per heavy atom. The van der Waals surface area contributed by atoms with Gasteiger partial charge in [-0.05, 0) is 18.6 Å². The van der Waals surface area contributed by atoms with Crippen LogP contribution in [0, 0.1) is 6.92 Å². The summed E-state index contributed by atoms with van der Waals surface area (Å²) in [5.74, 6) is 0.796. The van der Waals surface area contributed by atoms with Crippen LogP contribution >= 0.6 is 34.7 Å². The van der Waals surface area contributed by atoms with E-state index in [0.29, 0.717) is 5.15 Å². The van der Waals surface area contributed by atoms with E-state index in [0.717, 1.165) is 31.9 Å². The van der Waals surface area contributed by atoms with Crippen LogP contribution in [0.1, 0.15) is 11.3 Å². The number of hydrogen-bond donors (Lipinski definition) is 0. The molecule has 0 aromatic carbocycles. The first-order chi connectivity index (χ1) is 10.1. The molecule has 3 aromatic rings. The Balaban J connectivity index is 1.70. The largest absolute Gasteiger partial charge is 0.275 e. The topological polar surface area (TPSA) is 56.5 Å². The summed E-state index contributed by atoms with van der Waals surface area (Å²) in [6.07, 6.45) is 3.75. The molecular weight excluding hydrogens is 326 g/mol. The molecule has 0 aliphatic rings. The quantitative estimate of drug-likeness (QED) is 0.538. The van der Waals surface area contributed by atoms with E-state index >= 15 is 0 Å². The molecule has 0 amide bonds. The van der Waals surface area contributed by atoms with Crippen LogP contribution in [0.5, 0.6) is 0 Å². The summed E-state index contributed by atoms with van der Waals surface area (Å²) in [7, 11) is 1.90. The Kier molecular flexibility index (Phi) is 4.23. The molecule has 21 heavy (non-hydrogen) atoms. The standard InChI is InChI=1S/C13H12ClN5S2/c1-8-10(6-19(2)18-8)12-16-17-13(21-12)20-7-9-3-4-11(14)15-5-9/h3-6H,7H2,1-2H3. The molecule has 5 nitrogen and oxygen atoms in total. The predicted octanol–water partition coefficient (Wildman–Crippen LogP) is 3.59. The number of rotatable bonds is 4. The van der Waals surface area contributed by atoms with Gasteiger partial charge in [-0.2, -0.15) is 5.10 Å². The first kappa shape index (κ1) is 14.5. The lowest BCUT2D eigenvalue weighted by Gasteiger charge is -1.97. The Hall–Kier alpha value is -1.44. The minimum Gasteiger partial charge on any atom is -0.275 e. The van der Waals surface area contributed by atoms with Crippen LogP contribution < -0.4 is 0 Å². The van der Waals surface area contributed by atoms with Gasteiger partial charge >= 0.3 is 0 Å². The number of thioether (sulfide) groups is 1. The molecule has 108 valence electrons. The zero-order valence-corrected chi connectivity index (χ0v) is 13.8. The summed E-state index contributed by atoms with van der Waals surface area (Å²) in [5, 5.41) is 14.2. The van der Waals surface area contributed by atoms with Crippen molar-refractivity contribution in [2.45, 2.75) is 17.0 Å². The van der Waals surface area contributed by atoms with E-state index in [4.69, 9.17) is 11.6 Å². The predicted molar refractivity (Wildman–Crippen MR) is 85.7 cm³/mol. The molecule has 3 rings (SSSR count). The third-order valence-electron chi connectivity index (χ3n) is 2.80. The first-order valence-electron chi connectivity index (χ1n) is 6.19. The molecule has 3 heterocycles. The molecule has 0 aliphatic heterocycles. The minimum atomic E-state index is 0.508. The molecule has 8 heteroatoms. The summed E-state index contributed by atoms with van der Waals surface area (Å²) < 4.78 is 2.72. The van der Waals surface area contributed by atoms with Gasteiger partial charge in [-0.1, -0.05) is 40.8 Å². The summed E-state index contributed by atoms with van der Waals surface area (Å²) in [6, 6.07) is 3.76. The Labute approximate surface area is 135 Å². The van der Waals surface area contributed by atoms with Crippen molar-refractivity contribution in [3.8, 4) is 10.6 Å². The highest BCUT2D eigenvalue weighted by molar-refractivity contribution is 8.00. The monoisotopic (exact) mass is 337 g/mol. The summed E-state index contributed by atoms with van der Waals surface area (Å²) in [4.78, 5) is 4.07. The van der Waals surface area contributed by atoms with Crippen molar-refractivity contribution in [1.82, 2.24) is 25.0 Å². The number of aromatic nitrogens is 5. The maximum atomic E-state index is 5.77. The molecule has 0 radical (unpaired) electrons. The zero-order chi connectivity index (χ0) is 14.8. The molecule has 3 aromatic heterocycles. The second-order valence-corrected chi connectivity index (χ2v) is 7.04. The van der Waals surface area contributed by atoms with Crippen LogP contribution in [0.2, 0.25) is 5.15 Å². The van der Waals surface area contributed by atoms with Gasteiger partial charge < -0.3 is 0 Å². The molecule has 0 N–H and O–H groups in total. The van der Waals surface area contributed by atoms with E-state index in [9.17, 15) is 0 Å². The maximum Gasteiger partial charge on any atom is 0.174 e. The normalized spacial score (nSPS) is 11.0. The number of aryl methyl sites for hydroxylation is 2. The smallest absolute Gasteiger partial charge is 0.174 e. The third-order valence-corrected chi connectivity index (χ3v) is 5.19. The first-order valence-corrected chi connectivity index (χ1v) is 8.37. The molecule has 0 fully saturated rings. The van der Waals surface area contributed by atoms with Crippen molar-refractivity contribution in [2.75, 3.05) is 0 Å². The van der Waals surface area contributed by atoms with Crippen LogP contribution in [0.25, 0.3) is 10.6 Å². The Bertz CT molecular complexity index is 750. The van der Waals surface area contributed by atoms with Gasteiger partial charge in [0.2, 0.25) is 0 Å². The fourth-order valence-corrected chi connectivity index (χ4v) is 3.78. The molecule has 0 unspecified atom stereocenters. The SMILES string of the molecule is Cc1nn(C)cc1-c1nnc(SCc2ccc(Cl)nc2)s1. The van der Waals surface area contributed by atoms with Crippen LogP contribution in [-0.4, -0.2) is 25.0 Å². The molecule has 0 spiro atoms. The summed E-state index contributed by atoms with van der Waals surface area (Å²) in [6.45, 7) is 1.98. The highest BCUT2D eigenvalue weighted by Gasteiger charge is 2.12. The molecule has 0 atom stereocenters. The van der Waals surface area contributed by atoms with Crippen molar-refractivity contribution in [1.29, 1.82) is 0 Å². The van der Waals surface area contributed by atoms with Gasteiger partial charge in [0.25, 0.3) is 0 Å². The van der Waals surface area contributed by atoms with E-state index in [-0.39, 0.29) is 0 Å². The number of pyridine rings is 1. The van der Waals surface area contributed by atoms with E-state index in [1.807, 2.05) is 26.2 Å². The van der Waals surface area contributed by atoms with Crippen LogP contribution in [0.4, 0.5) is 0 Å². The summed E-state index contributed by atoms with van der Waals surface area (Å²) >= 11 is 8.99. The average Bonchev–Trinajstić information content (AvgIpc) is 3.04. The van der Waals surface area contributed by atoms with E-state index in [1.165, 1.54) is 0 Å². The van der Waals surface area contributed by atoms with Crippen LogP contribution in [-0.2, 0) is 12.8 Å². The average molecular weight is 338 g/mol. The van der Waals surface area contributed by atoms with Gasteiger partial charge in [-0.3, -0.25) is 4.68 Å². The fraction of sp³-hybridized carbons (Fsp3) is 0.231. The van der Waals surface area contributed by atoms with E-state index in [2.05, 4.69) is 20.3 Å². The minimum absolute atomic E-state index is 0.508. The van der Waals surface area contributed by atoms with Crippen molar-refractivity contribution in [2.24, 2.45) is 7.05 Å². The second-order valence-electron chi connectivity index (χ2n) is 4.45. The van der Waals surface area contributed by atoms with Gasteiger partial charge in [0.15, 0.2) is 9.35 Å². The number of hydrogen-bond acceptors (Lipinski definition) is 6. The van der Waals surface area contributed by atoms with Crippen LogP contribution in [0.15, 0.2) is 28.9 Å². The highest BCUT2D eigenvalue weighted by atomic mass is 35.5. The number of halogens is 1. The van der Waals surface area contributed by atoms with Crippen molar-refractivity contribution in [3.05, 3.63) is 40.9 Å². The molecule has 0 saturated carbocycles. The lowest BCUT2D eigenvalue weighted by molar-refractivity contribution is 0.756. The van der Waals surface area contributed by atoms with Gasteiger partial charge in [0.05, 0.1) is 11.3 Å². The van der Waals surface area contributed by atoms with E-state index < -0.39 is 0 Å². The highest BCUT2D eigenvalue weighted by Crippen LogP contribution is 2.32. The van der Waals surface area contributed by atoms with Crippen molar-refractivity contribution < 1.29 is 0 Å². The molecule has 0 bridgehead atoms. The lowest BCUT2D eigenvalue weighted by Crippen LogP contribution is -1.86. The molecule has 0 saturated heterocycles. The molecular formula is C13H12ClN5S2.